The van der Waals surface area contributed by atoms with Crippen LogP contribution in [0.3, 0.4) is 0 Å². The maximum atomic E-state index is 13.2. The van der Waals surface area contributed by atoms with Crippen molar-refractivity contribution in [1.29, 1.82) is 0 Å². The molecule has 166 valence electrons. The van der Waals surface area contributed by atoms with Gasteiger partial charge in [0, 0.05) is 32.8 Å². The van der Waals surface area contributed by atoms with Gasteiger partial charge in [-0.05, 0) is 24.6 Å². The van der Waals surface area contributed by atoms with E-state index in [0.29, 0.717) is 43.0 Å². The summed E-state index contributed by atoms with van der Waals surface area (Å²) in [5.74, 6) is -0.509. The number of hydrogen-bond donors (Lipinski definition) is 0. The third-order valence-corrected chi connectivity index (χ3v) is 5.37. The van der Waals surface area contributed by atoms with Crippen molar-refractivity contribution in [3.05, 3.63) is 39.7 Å². The van der Waals surface area contributed by atoms with E-state index in [0.717, 1.165) is 18.7 Å². The van der Waals surface area contributed by atoms with Gasteiger partial charge in [0.1, 0.15) is 17.9 Å². The van der Waals surface area contributed by atoms with E-state index in [1.807, 2.05) is 16.7 Å². The highest BCUT2D eigenvalue weighted by atomic mass is 16.6. The molecular weight excluding hydrogens is 404 g/mol. The summed E-state index contributed by atoms with van der Waals surface area (Å²) in [6.45, 7) is 7.20. The van der Waals surface area contributed by atoms with Gasteiger partial charge in [-0.2, -0.15) is 0 Å². The highest BCUT2D eigenvalue weighted by Crippen LogP contribution is 2.32. The number of morpholine rings is 1. The standard InChI is InChI=1S/C22H26N2O7/c1-3-29-22(27)18-12-24-11-16(13-30-14(2)25)31-19-9-15(8-17(20(19)24)21(18)26)10-23-4-6-28-7-5-23/h8-9,12,16H,3-7,10-11,13H2,1-2H3. The first kappa shape index (κ1) is 21.3. The summed E-state index contributed by atoms with van der Waals surface area (Å²) < 4.78 is 23.5. The molecule has 0 bridgehead atoms. The van der Waals surface area contributed by atoms with Crippen molar-refractivity contribution >= 4 is 22.8 Å². The van der Waals surface area contributed by atoms with E-state index >= 15 is 0 Å². The zero-order valence-electron chi connectivity index (χ0n) is 17.7. The van der Waals surface area contributed by atoms with Gasteiger partial charge in [0.25, 0.3) is 0 Å². The molecule has 31 heavy (non-hydrogen) atoms. The quantitative estimate of drug-likeness (QED) is 0.634. The molecule has 1 unspecified atom stereocenters. The van der Waals surface area contributed by atoms with Gasteiger partial charge in [-0.15, -0.1) is 0 Å². The van der Waals surface area contributed by atoms with Crippen LogP contribution in [0.25, 0.3) is 10.9 Å². The summed E-state index contributed by atoms with van der Waals surface area (Å²) in [6.07, 6.45) is 1.08. The highest BCUT2D eigenvalue weighted by Gasteiger charge is 2.27. The predicted molar refractivity (Wildman–Crippen MR) is 111 cm³/mol. The minimum Gasteiger partial charge on any atom is -0.483 e. The van der Waals surface area contributed by atoms with E-state index in [2.05, 4.69) is 4.90 Å². The van der Waals surface area contributed by atoms with Crippen molar-refractivity contribution in [2.75, 3.05) is 39.5 Å². The molecule has 3 heterocycles. The zero-order chi connectivity index (χ0) is 22.0. The van der Waals surface area contributed by atoms with Crippen LogP contribution in [0.2, 0.25) is 0 Å². The van der Waals surface area contributed by atoms with E-state index in [1.54, 1.807) is 6.92 Å². The lowest BCUT2D eigenvalue weighted by atomic mass is 10.0. The number of esters is 2. The van der Waals surface area contributed by atoms with Crippen LogP contribution in [-0.2, 0) is 32.1 Å². The van der Waals surface area contributed by atoms with E-state index in [-0.39, 0.29) is 24.2 Å². The number of carbonyl (C=O) groups excluding carboxylic acids is 2. The Labute approximate surface area is 179 Å². The van der Waals surface area contributed by atoms with Crippen molar-refractivity contribution in [3.63, 3.8) is 0 Å². The molecule has 9 nitrogen and oxygen atoms in total. The van der Waals surface area contributed by atoms with Crippen LogP contribution < -0.4 is 10.2 Å². The SMILES string of the molecule is CCOC(=O)c1cn2c3c(cc(CN4CCOCC4)cc3c1=O)OC(COC(C)=O)C2. The Morgan fingerprint density at radius 1 is 1.19 bits per heavy atom. The normalized spacial score (nSPS) is 18.5. The molecule has 0 spiro atoms. The molecule has 0 radical (unpaired) electrons. The van der Waals surface area contributed by atoms with Crippen molar-refractivity contribution in [3.8, 4) is 5.75 Å². The van der Waals surface area contributed by atoms with Gasteiger partial charge in [0.05, 0.1) is 37.3 Å². The molecule has 1 aromatic heterocycles. The van der Waals surface area contributed by atoms with Crippen LogP contribution in [-0.4, -0.2) is 67.0 Å². The van der Waals surface area contributed by atoms with Crippen molar-refractivity contribution in [1.82, 2.24) is 9.47 Å². The van der Waals surface area contributed by atoms with Gasteiger partial charge >= 0.3 is 11.9 Å². The first-order valence-corrected chi connectivity index (χ1v) is 10.4. The van der Waals surface area contributed by atoms with E-state index in [4.69, 9.17) is 18.9 Å². The van der Waals surface area contributed by atoms with Crippen molar-refractivity contribution < 1.29 is 28.5 Å². The van der Waals surface area contributed by atoms with Gasteiger partial charge in [-0.1, -0.05) is 0 Å². The van der Waals surface area contributed by atoms with Crippen molar-refractivity contribution in [2.45, 2.75) is 33.0 Å². The minimum atomic E-state index is -0.652. The molecule has 2 aliphatic heterocycles. The Morgan fingerprint density at radius 3 is 2.68 bits per heavy atom. The molecule has 0 amide bonds. The second kappa shape index (κ2) is 9.07. The molecule has 1 fully saturated rings. The molecular formula is C22H26N2O7. The average molecular weight is 430 g/mol. The highest BCUT2D eigenvalue weighted by molar-refractivity contribution is 5.95. The van der Waals surface area contributed by atoms with Gasteiger partial charge in [0.2, 0.25) is 5.43 Å². The molecule has 2 aliphatic rings. The second-order valence-corrected chi connectivity index (χ2v) is 7.67. The first-order valence-electron chi connectivity index (χ1n) is 10.4. The Bertz CT molecular complexity index is 1060. The maximum Gasteiger partial charge on any atom is 0.343 e. The van der Waals surface area contributed by atoms with E-state index < -0.39 is 18.0 Å². The molecule has 0 aliphatic carbocycles. The Morgan fingerprint density at radius 2 is 1.97 bits per heavy atom. The number of carbonyl (C=O) groups is 2. The molecule has 0 saturated carbocycles. The zero-order valence-corrected chi connectivity index (χ0v) is 17.7. The number of ether oxygens (including phenoxy) is 4. The third kappa shape index (κ3) is 4.57. The van der Waals surface area contributed by atoms with Crippen LogP contribution in [0.5, 0.6) is 5.75 Å². The Hall–Kier alpha value is -2.91. The van der Waals surface area contributed by atoms with Crippen LogP contribution in [0, 0.1) is 0 Å². The third-order valence-electron chi connectivity index (χ3n) is 5.37. The van der Waals surface area contributed by atoms with Gasteiger partial charge in [-0.25, -0.2) is 4.79 Å². The Balaban J connectivity index is 1.77. The second-order valence-electron chi connectivity index (χ2n) is 7.67. The number of pyridine rings is 1. The minimum absolute atomic E-state index is 0.0167. The number of benzene rings is 1. The first-order chi connectivity index (χ1) is 15.0. The molecule has 2 aromatic rings. The van der Waals surface area contributed by atoms with E-state index in [9.17, 15) is 14.4 Å². The topological polar surface area (TPSA) is 96.3 Å². The molecule has 1 atom stereocenters. The summed E-state index contributed by atoms with van der Waals surface area (Å²) in [4.78, 5) is 39.1. The van der Waals surface area contributed by atoms with Crippen molar-refractivity contribution in [2.24, 2.45) is 0 Å². The number of nitrogens with zero attached hydrogens (tertiary/aromatic N) is 2. The summed E-state index contributed by atoms with van der Waals surface area (Å²) in [6, 6.07) is 3.74. The molecule has 9 heteroatoms. The lowest BCUT2D eigenvalue weighted by Gasteiger charge is -2.30. The summed E-state index contributed by atoms with van der Waals surface area (Å²) >= 11 is 0. The van der Waals surface area contributed by atoms with Gasteiger partial charge in [-0.3, -0.25) is 14.5 Å². The Kier molecular flexibility index (Phi) is 6.24. The molecule has 1 aromatic carbocycles. The largest absolute Gasteiger partial charge is 0.483 e. The lowest BCUT2D eigenvalue weighted by molar-refractivity contribution is -0.143. The number of aromatic nitrogens is 1. The summed E-state index contributed by atoms with van der Waals surface area (Å²) in [7, 11) is 0. The van der Waals surface area contributed by atoms with E-state index in [1.165, 1.54) is 13.1 Å². The van der Waals surface area contributed by atoms with Crippen LogP contribution >= 0.6 is 0 Å². The summed E-state index contributed by atoms with van der Waals surface area (Å²) in [5, 5.41) is 0.414. The monoisotopic (exact) mass is 430 g/mol. The van der Waals surface area contributed by atoms with Gasteiger partial charge < -0.3 is 23.5 Å². The fourth-order valence-corrected chi connectivity index (χ4v) is 3.99. The lowest BCUT2D eigenvalue weighted by Crippen LogP contribution is -2.36. The molecule has 1 saturated heterocycles. The fourth-order valence-electron chi connectivity index (χ4n) is 3.99. The number of rotatable bonds is 6. The van der Waals surface area contributed by atoms with Crippen LogP contribution in [0.4, 0.5) is 0 Å². The van der Waals surface area contributed by atoms with Crippen LogP contribution in [0.1, 0.15) is 29.8 Å². The predicted octanol–water partition coefficient (Wildman–Crippen LogP) is 1.33. The summed E-state index contributed by atoms with van der Waals surface area (Å²) in [5.41, 5.74) is 1.14. The number of hydrogen-bond acceptors (Lipinski definition) is 8. The van der Waals surface area contributed by atoms with Gasteiger partial charge in [0.15, 0.2) is 6.10 Å². The maximum absolute atomic E-state index is 13.2. The smallest absolute Gasteiger partial charge is 0.343 e. The fraction of sp³-hybridized carbons (Fsp3) is 0.500. The van der Waals surface area contributed by atoms with Crippen LogP contribution in [0.15, 0.2) is 23.1 Å². The average Bonchev–Trinajstić information content (AvgIpc) is 2.75. The molecule has 4 rings (SSSR count). The molecule has 0 N–H and O–H groups in total.